The van der Waals surface area contributed by atoms with E-state index in [4.69, 9.17) is 0 Å². The second-order valence-corrected chi connectivity index (χ2v) is 5.63. The van der Waals surface area contributed by atoms with Crippen LogP contribution in [0.5, 0.6) is 0 Å². The molecule has 2 rings (SSSR count). The molecule has 1 fully saturated rings. The molecule has 0 radical (unpaired) electrons. The molecule has 1 saturated heterocycles. The summed E-state index contributed by atoms with van der Waals surface area (Å²) in [5, 5.41) is 0. The first kappa shape index (κ1) is 15.4. The lowest BCUT2D eigenvalue weighted by molar-refractivity contribution is -0.138. The van der Waals surface area contributed by atoms with Crippen molar-refractivity contribution in [3.8, 4) is 0 Å². The van der Waals surface area contributed by atoms with E-state index in [1.54, 1.807) is 13.0 Å². The molecule has 20 heavy (non-hydrogen) atoms. The van der Waals surface area contributed by atoms with Gasteiger partial charge in [-0.1, -0.05) is 19.1 Å². The van der Waals surface area contributed by atoms with Crippen molar-refractivity contribution >= 4 is 0 Å². The van der Waals surface area contributed by atoms with Gasteiger partial charge >= 0.3 is 6.18 Å². The van der Waals surface area contributed by atoms with E-state index >= 15 is 0 Å². The van der Waals surface area contributed by atoms with Crippen molar-refractivity contribution in [2.24, 2.45) is 0 Å². The van der Waals surface area contributed by atoms with E-state index in [1.165, 1.54) is 6.07 Å². The van der Waals surface area contributed by atoms with E-state index < -0.39 is 11.7 Å². The minimum Gasteiger partial charge on any atom is -0.303 e. The molecule has 1 nitrogen and oxygen atoms in total. The number of benzene rings is 1. The summed E-state index contributed by atoms with van der Waals surface area (Å²) >= 11 is 0. The first-order valence-corrected chi connectivity index (χ1v) is 7.32. The highest BCUT2D eigenvalue weighted by Crippen LogP contribution is 2.37. The normalized spacial score (nSPS) is 18.4. The molecule has 4 heteroatoms. The molecule has 0 unspecified atom stereocenters. The number of rotatable bonds is 3. The van der Waals surface area contributed by atoms with Crippen LogP contribution in [0.25, 0.3) is 0 Å². The average Bonchev–Trinajstić information content (AvgIpc) is 2.39. The topological polar surface area (TPSA) is 3.24 Å². The van der Waals surface area contributed by atoms with Gasteiger partial charge in [0.15, 0.2) is 0 Å². The fraction of sp³-hybridized carbons (Fsp3) is 0.625. The van der Waals surface area contributed by atoms with Crippen molar-refractivity contribution < 1.29 is 13.2 Å². The highest BCUT2D eigenvalue weighted by molar-refractivity contribution is 5.38. The van der Waals surface area contributed by atoms with Crippen LogP contribution in [0.1, 0.15) is 48.8 Å². The summed E-state index contributed by atoms with van der Waals surface area (Å²) < 4.78 is 38.9. The molecule has 0 spiro atoms. The van der Waals surface area contributed by atoms with Crippen LogP contribution in [0.15, 0.2) is 18.2 Å². The monoisotopic (exact) mass is 285 g/mol. The number of hydrogen-bond acceptors (Lipinski definition) is 1. The van der Waals surface area contributed by atoms with Crippen molar-refractivity contribution in [3.63, 3.8) is 0 Å². The Labute approximate surface area is 118 Å². The largest absolute Gasteiger partial charge is 0.416 e. The molecule has 0 atom stereocenters. The Morgan fingerprint density at radius 2 is 1.85 bits per heavy atom. The third-order valence-corrected chi connectivity index (χ3v) is 4.25. The Bertz CT molecular complexity index is 446. The molecule has 0 aromatic heterocycles. The summed E-state index contributed by atoms with van der Waals surface area (Å²) in [5.74, 6) is 0.269. The lowest BCUT2D eigenvalue weighted by atomic mass is 9.85. The smallest absolute Gasteiger partial charge is 0.303 e. The number of halogens is 3. The molecule has 1 aliphatic heterocycles. The molecule has 0 bridgehead atoms. The van der Waals surface area contributed by atoms with Gasteiger partial charge in [0.2, 0.25) is 0 Å². The number of nitrogens with zero attached hydrogens (tertiary/aromatic N) is 1. The second-order valence-electron chi connectivity index (χ2n) is 5.63. The van der Waals surface area contributed by atoms with Crippen LogP contribution in [0.4, 0.5) is 13.2 Å². The predicted octanol–water partition coefficient (Wildman–Crippen LogP) is 4.60. The number of likely N-dealkylation sites (tertiary alicyclic amines) is 1. The molecule has 0 saturated carbocycles. The average molecular weight is 285 g/mol. The van der Waals surface area contributed by atoms with Crippen molar-refractivity contribution in [3.05, 3.63) is 34.9 Å². The summed E-state index contributed by atoms with van der Waals surface area (Å²) in [7, 11) is 0. The maximum Gasteiger partial charge on any atom is 0.416 e. The van der Waals surface area contributed by atoms with Gasteiger partial charge in [0.05, 0.1) is 5.56 Å². The number of piperidine rings is 1. The Morgan fingerprint density at radius 3 is 2.40 bits per heavy atom. The summed E-state index contributed by atoms with van der Waals surface area (Å²) in [5.41, 5.74) is 0.816. The van der Waals surface area contributed by atoms with Crippen LogP contribution in [-0.2, 0) is 6.18 Å². The zero-order valence-corrected chi connectivity index (χ0v) is 12.1. The number of hydrogen-bond donors (Lipinski definition) is 0. The molecule has 1 heterocycles. The van der Waals surface area contributed by atoms with Gasteiger partial charge < -0.3 is 4.90 Å². The van der Waals surface area contributed by atoms with Crippen molar-refractivity contribution in [1.82, 2.24) is 4.90 Å². The quantitative estimate of drug-likeness (QED) is 0.784. The second kappa shape index (κ2) is 6.17. The fourth-order valence-corrected chi connectivity index (χ4v) is 3.19. The van der Waals surface area contributed by atoms with E-state index in [2.05, 4.69) is 11.8 Å². The standard InChI is InChI=1S/C16H22F3N/c1-3-9-20-10-7-13(8-11-20)14-5-4-6-15(12(14)2)16(17,18)19/h4-6,13H,3,7-11H2,1-2H3. The highest BCUT2D eigenvalue weighted by Gasteiger charge is 2.34. The molecule has 112 valence electrons. The minimum atomic E-state index is -4.25. The molecular weight excluding hydrogens is 263 g/mol. The van der Waals surface area contributed by atoms with Gasteiger partial charge in [-0.15, -0.1) is 0 Å². The van der Waals surface area contributed by atoms with Gasteiger partial charge in [0.25, 0.3) is 0 Å². The van der Waals surface area contributed by atoms with Crippen LogP contribution >= 0.6 is 0 Å². The first-order chi connectivity index (χ1) is 9.43. The number of alkyl halides is 3. The maximum atomic E-state index is 13.0. The Hall–Kier alpha value is -1.03. The van der Waals surface area contributed by atoms with Crippen LogP contribution in [0.3, 0.4) is 0 Å². The van der Waals surface area contributed by atoms with Gasteiger partial charge in [-0.2, -0.15) is 13.2 Å². The Kier molecular flexibility index (Phi) is 4.74. The molecule has 1 aromatic rings. The van der Waals surface area contributed by atoms with Crippen LogP contribution in [-0.4, -0.2) is 24.5 Å². The summed E-state index contributed by atoms with van der Waals surface area (Å²) in [6.07, 6.45) is -1.19. The van der Waals surface area contributed by atoms with E-state index in [-0.39, 0.29) is 5.92 Å². The third kappa shape index (κ3) is 3.35. The van der Waals surface area contributed by atoms with E-state index in [9.17, 15) is 13.2 Å². The van der Waals surface area contributed by atoms with Gasteiger partial charge in [0, 0.05) is 0 Å². The zero-order valence-electron chi connectivity index (χ0n) is 12.1. The molecule has 1 aliphatic rings. The van der Waals surface area contributed by atoms with Gasteiger partial charge in [-0.05, 0) is 68.9 Å². The molecule has 0 amide bonds. The maximum absolute atomic E-state index is 13.0. The lowest BCUT2D eigenvalue weighted by Crippen LogP contribution is -2.33. The summed E-state index contributed by atoms with van der Waals surface area (Å²) in [6, 6.07) is 4.60. The molecule has 0 aliphatic carbocycles. The first-order valence-electron chi connectivity index (χ1n) is 7.32. The lowest BCUT2D eigenvalue weighted by Gasteiger charge is -2.33. The minimum absolute atomic E-state index is 0.269. The van der Waals surface area contributed by atoms with Gasteiger partial charge in [-0.25, -0.2) is 0 Å². The highest BCUT2D eigenvalue weighted by atomic mass is 19.4. The Morgan fingerprint density at radius 1 is 1.20 bits per heavy atom. The van der Waals surface area contributed by atoms with Crippen LogP contribution in [0.2, 0.25) is 0 Å². The van der Waals surface area contributed by atoms with Crippen molar-refractivity contribution in [2.75, 3.05) is 19.6 Å². The van der Waals surface area contributed by atoms with Crippen molar-refractivity contribution in [2.45, 2.75) is 45.2 Å². The van der Waals surface area contributed by atoms with Gasteiger partial charge in [-0.3, -0.25) is 0 Å². The molecule has 0 N–H and O–H groups in total. The predicted molar refractivity (Wildman–Crippen MR) is 74.9 cm³/mol. The fourth-order valence-electron chi connectivity index (χ4n) is 3.19. The third-order valence-electron chi connectivity index (χ3n) is 4.25. The van der Waals surface area contributed by atoms with Crippen LogP contribution in [0, 0.1) is 6.92 Å². The van der Waals surface area contributed by atoms with E-state index in [0.29, 0.717) is 5.56 Å². The SMILES string of the molecule is CCCN1CCC(c2cccc(C(F)(F)F)c2C)CC1. The Balaban J connectivity index is 2.15. The molecule has 1 aromatic carbocycles. The summed E-state index contributed by atoms with van der Waals surface area (Å²) in [6.45, 7) is 6.84. The van der Waals surface area contributed by atoms with E-state index in [1.807, 2.05) is 6.07 Å². The van der Waals surface area contributed by atoms with Gasteiger partial charge in [0.1, 0.15) is 0 Å². The van der Waals surface area contributed by atoms with Crippen LogP contribution < -0.4 is 0 Å². The summed E-state index contributed by atoms with van der Waals surface area (Å²) in [4.78, 5) is 2.40. The molecular formula is C16H22F3N. The zero-order chi connectivity index (χ0) is 14.8. The van der Waals surface area contributed by atoms with Crippen molar-refractivity contribution in [1.29, 1.82) is 0 Å². The van der Waals surface area contributed by atoms with E-state index in [0.717, 1.165) is 44.5 Å².